The highest BCUT2D eigenvalue weighted by Crippen LogP contribution is 2.21. The fraction of sp³-hybridized carbons (Fsp3) is 0.571. The molecule has 0 radical (unpaired) electrons. The van der Waals surface area contributed by atoms with E-state index in [4.69, 9.17) is 10.9 Å². The maximum absolute atomic E-state index is 8.85. The molecule has 1 heterocycles. The molecule has 0 aliphatic heterocycles. The Kier molecular flexibility index (Phi) is 6.12. The molecule has 0 atom stereocenters. The monoisotopic (exact) mass is 264 g/mol. The number of pyridine rings is 1. The molecule has 106 valence electrons. The lowest BCUT2D eigenvalue weighted by atomic mass is 10.1. The minimum Gasteiger partial charge on any atom is -0.409 e. The Morgan fingerprint density at radius 1 is 1.47 bits per heavy atom. The molecule has 0 aliphatic rings. The zero-order valence-electron chi connectivity index (χ0n) is 12.0. The van der Waals surface area contributed by atoms with Gasteiger partial charge in [0.25, 0.3) is 0 Å². The van der Waals surface area contributed by atoms with Crippen LogP contribution in [0, 0.1) is 0 Å². The van der Waals surface area contributed by atoms with Crippen molar-refractivity contribution in [3.8, 4) is 0 Å². The summed E-state index contributed by atoms with van der Waals surface area (Å²) in [7, 11) is 0. The van der Waals surface area contributed by atoms with Crippen molar-refractivity contribution in [2.75, 3.05) is 11.4 Å². The van der Waals surface area contributed by atoms with Crippen molar-refractivity contribution in [3.05, 3.63) is 24.0 Å². The van der Waals surface area contributed by atoms with Crippen LogP contribution in [-0.2, 0) is 0 Å². The Morgan fingerprint density at radius 3 is 2.79 bits per heavy atom. The number of oxime groups is 1. The molecule has 5 heteroatoms. The Morgan fingerprint density at radius 2 is 2.21 bits per heavy atom. The van der Waals surface area contributed by atoms with Crippen molar-refractivity contribution in [1.82, 2.24) is 4.98 Å². The molecule has 0 unspecified atom stereocenters. The number of amidine groups is 1. The van der Waals surface area contributed by atoms with Crippen LogP contribution in [0.15, 0.2) is 23.5 Å². The van der Waals surface area contributed by atoms with Gasteiger partial charge in [-0.15, -0.1) is 0 Å². The highest BCUT2D eigenvalue weighted by Gasteiger charge is 2.17. The van der Waals surface area contributed by atoms with E-state index in [2.05, 4.69) is 35.8 Å². The summed E-state index contributed by atoms with van der Waals surface area (Å²) < 4.78 is 0. The van der Waals surface area contributed by atoms with E-state index in [1.807, 2.05) is 12.1 Å². The van der Waals surface area contributed by atoms with Crippen LogP contribution < -0.4 is 10.6 Å². The number of aromatic nitrogens is 1. The first-order valence-corrected chi connectivity index (χ1v) is 6.81. The number of hydrogen-bond donors (Lipinski definition) is 2. The second kappa shape index (κ2) is 7.61. The first-order chi connectivity index (χ1) is 9.11. The number of hydrogen-bond acceptors (Lipinski definition) is 4. The van der Waals surface area contributed by atoms with E-state index in [1.54, 1.807) is 6.20 Å². The lowest BCUT2D eigenvalue weighted by molar-refractivity contribution is 0.318. The second-order valence-corrected chi connectivity index (χ2v) is 4.85. The van der Waals surface area contributed by atoms with E-state index in [-0.39, 0.29) is 5.84 Å². The average molecular weight is 264 g/mol. The largest absolute Gasteiger partial charge is 0.409 e. The molecular weight excluding hydrogens is 240 g/mol. The minimum atomic E-state index is 0.0525. The Bertz CT molecular complexity index is 418. The highest BCUT2D eigenvalue weighted by atomic mass is 16.4. The Balaban J connectivity index is 3.02. The van der Waals surface area contributed by atoms with E-state index >= 15 is 0 Å². The lowest BCUT2D eigenvalue weighted by Crippen LogP contribution is -2.34. The molecule has 0 saturated carbocycles. The third-order valence-electron chi connectivity index (χ3n) is 3.07. The van der Waals surface area contributed by atoms with Crippen molar-refractivity contribution in [3.63, 3.8) is 0 Å². The summed E-state index contributed by atoms with van der Waals surface area (Å²) in [5, 5.41) is 11.9. The topological polar surface area (TPSA) is 74.7 Å². The highest BCUT2D eigenvalue weighted by molar-refractivity contribution is 6.00. The van der Waals surface area contributed by atoms with E-state index in [0.29, 0.717) is 11.7 Å². The molecule has 3 N–H and O–H groups in total. The summed E-state index contributed by atoms with van der Waals surface area (Å²) in [6.45, 7) is 7.40. The lowest BCUT2D eigenvalue weighted by Gasteiger charge is -2.30. The molecule has 1 rings (SSSR count). The first kappa shape index (κ1) is 15.3. The molecule has 19 heavy (non-hydrogen) atoms. The van der Waals surface area contributed by atoms with Crippen LogP contribution in [0.25, 0.3) is 0 Å². The van der Waals surface area contributed by atoms with Crippen LogP contribution in [0.5, 0.6) is 0 Å². The summed E-state index contributed by atoms with van der Waals surface area (Å²) >= 11 is 0. The van der Waals surface area contributed by atoms with Gasteiger partial charge in [0.1, 0.15) is 5.69 Å². The van der Waals surface area contributed by atoms with Gasteiger partial charge in [-0.25, -0.2) is 0 Å². The smallest absolute Gasteiger partial charge is 0.190 e. The van der Waals surface area contributed by atoms with Gasteiger partial charge in [-0.05, 0) is 32.4 Å². The summed E-state index contributed by atoms with van der Waals surface area (Å²) in [5.41, 5.74) is 7.16. The van der Waals surface area contributed by atoms with Gasteiger partial charge in [0.15, 0.2) is 5.84 Å². The summed E-state index contributed by atoms with van der Waals surface area (Å²) in [4.78, 5) is 6.47. The molecule has 1 aromatic rings. The predicted molar refractivity (Wildman–Crippen MR) is 78.8 cm³/mol. The third kappa shape index (κ3) is 4.12. The summed E-state index contributed by atoms with van der Waals surface area (Å²) in [6, 6.07) is 4.18. The van der Waals surface area contributed by atoms with Gasteiger partial charge in [-0.3, -0.25) is 4.98 Å². The zero-order chi connectivity index (χ0) is 14.3. The van der Waals surface area contributed by atoms with E-state index in [9.17, 15) is 0 Å². The molecule has 0 amide bonds. The van der Waals surface area contributed by atoms with Crippen LogP contribution in [0.3, 0.4) is 0 Å². The predicted octanol–water partition coefficient (Wildman–Crippen LogP) is 2.58. The molecule has 0 bridgehead atoms. The fourth-order valence-corrected chi connectivity index (χ4v) is 2.06. The zero-order valence-corrected chi connectivity index (χ0v) is 12.0. The number of unbranched alkanes of at least 4 members (excludes halogenated alkanes) is 2. The van der Waals surface area contributed by atoms with E-state index in [0.717, 1.165) is 18.7 Å². The Labute approximate surface area is 115 Å². The molecule has 1 aromatic heterocycles. The van der Waals surface area contributed by atoms with Gasteiger partial charge in [0.2, 0.25) is 0 Å². The van der Waals surface area contributed by atoms with Gasteiger partial charge < -0.3 is 15.8 Å². The van der Waals surface area contributed by atoms with E-state index in [1.165, 1.54) is 12.8 Å². The molecule has 0 saturated heterocycles. The van der Waals surface area contributed by atoms with Crippen molar-refractivity contribution in [2.45, 2.75) is 46.1 Å². The molecule has 5 nitrogen and oxygen atoms in total. The number of rotatable bonds is 7. The molecule has 0 aliphatic carbocycles. The van der Waals surface area contributed by atoms with Gasteiger partial charge in [-0.2, -0.15) is 0 Å². The van der Waals surface area contributed by atoms with Gasteiger partial charge >= 0.3 is 0 Å². The van der Waals surface area contributed by atoms with Crippen LogP contribution in [0.1, 0.15) is 45.7 Å². The van der Waals surface area contributed by atoms with Crippen LogP contribution in [0.2, 0.25) is 0 Å². The first-order valence-electron chi connectivity index (χ1n) is 6.81. The second-order valence-electron chi connectivity index (χ2n) is 4.85. The van der Waals surface area contributed by atoms with Crippen LogP contribution in [0.4, 0.5) is 5.69 Å². The van der Waals surface area contributed by atoms with Crippen molar-refractivity contribution >= 4 is 11.5 Å². The van der Waals surface area contributed by atoms with Gasteiger partial charge in [0, 0.05) is 18.8 Å². The molecule has 0 aromatic carbocycles. The maximum Gasteiger partial charge on any atom is 0.190 e. The van der Waals surface area contributed by atoms with Gasteiger partial charge in [0.05, 0.1) is 5.69 Å². The molecular formula is C14H24N4O. The fourth-order valence-electron chi connectivity index (χ4n) is 2.06. The number of anilines is 1. The summed E-state index contributed by atoms with van der Waals surface area (Å²) in [6.07, 6.45) is 5.16. The molecule has 0 fully saturated rings. The van der Waals surface area contributed by atoms with Gasteiger partial charge in [-0.1, -0.05) is 24.9 Å². The standard InChI is InChI=1S/C14H24N4O/c1-4-5-6-10-18(11(2)3)12-8-7-9-16-13(12)14(15)17-19/h7-9,11,19H,4-6,10H2,1-3H3,(H2,15,17). The number of nitrogens with two attached hydrogens (primary N) is 1. The van der Waals surface area contributed by atoms with Crippen molar-refractivity contribution in [1.29, 1.82) is 0 Å². The normalized spacial score (nSPS) is 11.9. The quantitative estimate of drug-likeness (QED) is 0.261. The maximum atomic E-state index is 8.85. The third-order valence-corrected chi connectivity index (χ3v) is 3.07. The van der Waals surface area contributed by atoms with Crippen LogP contribution in [-0.4, -0.2) is 28.6 Å². The van der Waals surface area contributed by atoms with Crippen molar-refractivity contribution in [2.24, 2.45) is 10.9 Å². The number of nitrogens with zero attached hydrogens (tertiary/aromatic N) is 3. The van der Waals surface area contributed by atoms with E-state index < -0.39 is 0 Å². The minimum absolute atomic E-state index is 0.0525. The SMILES string of the molecule is CCCCCN(c1cccnc1/C(N)=N/O)C(C)C. The van der Waals surface area contributed by atoms with Crippen molar-refractivity contribution < 1.29 is 5.21 Å². The summed E-state index contributed by atoms with van der Waals surface area (Å²) in [5.74, 6) is 0.0525. The van der Waals surface area contributed by atoms with Crippen LogP contribution >= 0.6 is 0 Å². The Hall–Kier alpha value is -1.78. The molecule has 0 spiro atoms. The average Bonchev–Trinajstić information content (AvgIpc) is 2.42.